The van der Waals surface area contributed by atoms with E-state index in [1.165, 1.54) is 17.5 Å². The lowest BCUT2D eigenvalue weighted by Gasteiger charge is -2.24. The first-order chi connectivity index (χ1) is 56.8. The van der Waals surface area contributed by atoms with Gasteiger partial charge in [-0.15, -0.1) is 0 Å². The number of ether oxygens (including phenoxy) is 8. The number of aliphatic hydroxyl groups excluding tert-OH is 2. The van der Waals surface area contributed by atoms with Crippen molar-refractivity contribution in [2.45, 2.75) is 139 Å². The largest absolute Gasteiger partial charge is 0.490 e. The molecule has 27 nitrogen and oxygen atoms in total. The molecule has 6 aromatic carbocycles. The highest BCUT2D eigenvalue weighted by atomic mass is 16.5. The minimum atomic E-state index is -0.210. The fraction of sp³-hybridized carbons (Fsp3) is 0.382. The second kappa shape index (κ2) is 41.4. The van der Waals surface area contributed by atoms with Crippen LogP contribution in [0, 0.1) is 0 Å². The number of Topliss-reactive ketones (excluding diaryl/α,β-unsaturated/α-hetero) is 1. The van der Waals surface area contributed by atoms with E-state index >= 15 is 0 Å². The summed E-state index contributed by atoms with van der Waals surface area (Å²) in [5.74, 6) is 9.27. The third kappa shape index (κ3) is 20.8. The van der Waals surface area contributed by atoms with E-state index in [4.69, 9.17) is 61.0 Å². The number of nitrogens with zero attached hydrogens (tertiary/aromatic N) is 12. The molecule has 0 radical (unpaired) electrons. The molecule has 1 saturated heterocycles. The van der Waals surface area contributed by atoms with Crippen LogP contribution in [-0.4, -0.2) is 168 Å². The Kier molecular flexibility index (Phi) is 29.8. The number of aromatic nitrogens is 10. The number of likely N-dealkylation sites (tertiary alicyclic amines) is 1. The molecule has 116 heavy (non-hydrogen) atoms. The van der Waals surface area contributed by atoms with Gasteiger partial charge >= 0.3 is 0 Å². The number of carbonyl (C=O) groups is 1. The standard InChI is InChI=1S/C25H34N4O3.C25H29N3O4.C21H20N2O4.C18H19N3O4/c1-5-29(6-2)16-10-9-11-21-17-19(14-15-26-21)24-27-25(32-28-24)20-12-13-22(30-7-3)23(18-20)31-8-4;1-3-30-22-11-8-16(14-23(22)31-4-2)25-26-24(27-32-25)20-7-5-6-19-18(20)9-10-21(19)28-13-12-17(29)15-28;1-3-25-18-11-8-13(12-19(18)26-4-2)21-22-20(23-27-21)16-7-5-6-15-14(16)9-10-17(15)24;1-3-23-15-6-5-13(8-16(15)24-4-2)18-20-17(21-25-18)14-7-12(11-22)9-19-10-14/h12-15,17-18H,5-11,16H2,1-4H3;5-8,11,14,17,21,29H,3-4,9-10,12-13,15H2,1-2H3;5-8,11-12H,3-4,9-10H2,1-2H3;5-10,22H,3-4,11H2,1-2H3/t;17-,21?;;/m.1../s1. The number of unbranched alkanes of at least 4 members (excludes halogenated alkanes) is 1. The van der Waals surface area contributed by atoms with Gasteiger partial charge in [0, 0.05) is 99.9 Å². The molecule has 1 aliphatic heterocycles. The van der Waals surface area contributed by atoms with Gasteiger partial charge in [0.05, 0.1) is 65.6 Å². The molecule has 2 atom stereocenters. The van der Waals surface area contributed by atoms with Gasteiger partial charge in [-0.3, -0.25) is 19.7 Å². The second-order valence-electron chi connectivity index (χ2n) is 27.2. The first kappa shape index (κ1) is 83.5. The van der Waals surface area contributed by atoms with Crippen LogP contribution >= 0.6 is 0 Å². The summed E-state index contributed by atoms with van der Waals surface area (Å²) in [6.07, 6.45) is 12.2. The fourth-order valence-electron chi connectivity index (χ4n) is 14.2. The first-order valence-electron chi connectivity index (χ1n) is 40.2. The topological polar surface area (TPSA) is 319 Å². The number of fused-ring (bicyclic) bond motifs is 2. The van der Waals surface area contributed by atoms with Crippen molar-refractivity contribution < 1.29 is 71.0 Å². The number of aliphatic hydroxyl groups is 2. The Morgan fingerprint density at radius 3 is 1.36 bits per heavy atom. The minimum absolute atomic E-state index is 0.0951. The van der Waals surface area contributed by atoms with Gasteiger partial charge in [0.1, 0.15) is 0 Å². The van der Waals surface area contributed by atoms with Crippen LogP contribution in [0.5, 0.6) is 46.0 Å². The number of hydrogen-bond donors (Lipinski definition) is 2. The zero-order valence-electron chi connectivity index (χ0n) is 67.6. The Morgan fingerprint density at radius 1 is 0.448 bits per heavy atom. The normalized spacial score (nSPS) is 14.0. The van der Waals surface area contributed by atoms with Crippen LogP contribution in [0.4, 0.5) is 0 Å². The fourth-order valence-corrected chi connectivity index (χ4v) is 14.2. The lowest BCUT2D eigenvalue weighted by Crippen LogP contribution is -2.26. The number of β-amino-alcohol motifs (C(OH)–C–C–N with tert-alkyl or cyclic N) is 1. The summed E-state index contributed by atoms with van der Waals surface area (Å²) >= 11 is 0. The van der Waals surface area contributed by atoms with Gasteiger partial charge in [0.2, 0.25) is 23.3 Å². The van der Waals surface area contributed by atoms with Crippen molar-refractivity contribution in [2.75, 3.05) is 85.6 Å². The maximum atomic E-state index is 12.0. The first-order valence-corrected chi connectivity index (χ1v) is 40.2. The minimum Gasteiger partial charge on any atom is -0.490 e. The van der Waals surface area contributed by atoms with E-state index in [1.54, 1.807) is 18.5 Å². The van der Waals surface area contributed by atoms with Crippen molar-refractivity contribution >= 4 is 5.78 Å². The lowest BCUT2D eigenvalue weighted by molar-refractivity contribution is 0.0994. The predicted octanol–water partition coefficient (Wildman–Crippen LogP) is 16.9. The van der Waals surface area contributed by atoms with Crippen LogP contribution < -0.4 is 37.9 Å². The average Bonchev–Trinajstić information content (AvgIpc) is 1.63. The molecule has 0 saturated carbocycles. The molecule has 1 fully saturated rings. The molecule has 608 valence electrons. The zero-order valence-corrected chi connectivity index (χ0v) is 67.6. The van der Waals surface area contributed by atoms with E-state index in [-0.39, 0.29) is 18.5 Å². The second-order valence-corrected chi connectivity index (χ2v) is 27.2. The van der Waals surface area contributed by atoms with Crippen LogP contribution in [0.1, 0.15) is 146 Å². The number of benzene rings is 6. The maximum Gasteiger partial charge on any atom is 0.258 e. The van der Waals surface area contributed by atoms with E-state index in [9.17, 15) is 15.0 Å². The van der Waals surface area contributed by atoms with Crippen LogP contribution in [0.2, 0.25) is 0 Å². The SMILES string of the molecule is CCOc1ccc(-c2nc(-c3cccc4c3CCC4=O)no2)cc1OCC.CCOc1ccc(-c2nc(-c3cccc4c3CCC4N3CC[C@@H](O)C3)no2)cc1OCC.CCOc1ccc(-c2nc(-c3ccnc(CCCCN(CC)CC)c3)no2)cc1OCC.CCOc1ccc(-c2nc(-c3cncc(CO)c3)no2)cc1OCC. The summed E-state index contributed by atoms with van der Waals surface area (Å²) in [5, 5.41) is 35.8. The molecule has 2 N–H and O–H groups in total. The zero-order chi connectivity index (χ0) is 81.3. The van der Waals surface area contributed by atoms with Gasteiger partial charge in [0.15, 0.2) is 51.8 Å². The number of pyridine rings is 2. The molecular weight excluding hydrogens is 1480 g/mol. The Hall–Kier alpha value is -11.9. The molecule has 2 aliphatic carbocycles. The highest BCUT2D eigenvalue weighted by molar-refractivity contribution is 6.02. The lowest BCUT2D eigenvalue weighted by atomic mass is 10.0. The van der Waals surface area contributed by atoms with E-state index in [0.29, 0.717) is 176 Å². The molecule has 0 amide bonds. The predicted molar refractivity (Wildman–Crippen MR) is 438 cm³/mol. The Morgan fingerprint density at radius 2 is 0.897 bits per heavy atom. The monoisotopic (exact) mass is 1580 g/mol. The van der Waals surface area contributed by atoms with Crippen LogP contribution in [0.15, 0.2) is 164 Å². The summed E-state index contributed by atoms with van der Waals surface area (Å²) in [6, 6.07) is 40.4. The number of hydrogen-bond acceptors (Lipinski definition) is 27. The van der Waals surface area contributed by atoms with Gasteiger partial charge in [-0.25, -0.2) is 0 Å². The summed E-state index contributed by atoms with van der Waals surface area (Å²) in [7, 11) is 0. The molecule has 6 aromatic heterocycles. The average molecular weight is 1580 g/mol. The Bertz CT molecular complexity index is 5170. The van der Waals surface area contributed by atoms with E-state index in [1.807, 2.05) is 159 Å². The van der Waals surface area contributed by atoms with Crippen molar-refractivity contribution in [1.82, 2.24) is 60.3 Å². The third-order valence-corrected chi connectivity index (χ3v) is 19.7. The summed E-state index contributed by atoms with van der Waals surface area (Å²) in [6.45, 7) is 29.2. The number of aryl methyl sites for hydroxylation is 1. The van der Waals surface area contributed by atoms with Crippen molar-refractivity contribution in [3.05, 3.63) is 179 Å². The van der Waals surface area contributed by atoms with E-state index in [2.05, 4.69) is 93.5 Å². The maximum absolute atomic E-state index is 12.0. The van der Waals surface area contributed by atoms with Gasteiger partial charge in [-0.05, 0) is 233 Å². The molecule has 0 bridgehead atoms. The molecule has 3 aliphatic rings. The van der Waals surface area contributed by atoms with Crippen molar-refractivity contribution in [1.29, 1.82) is 0 Å². The number of ketones is 1. The van der Waals surface area contributed by atoms with Crippen LogP contribution in [0.25, 0.3) is 91.4 Å². The van der Waals surface area contributed by atoms with Crippen LogP contribution in [-0.2, 0) is 25.9 Å². The molecular formula is C89H102N12O15. The van der Waals surface area contributed by atoms with Gasteiger partial charge in [-0.2, -0.15) is 19.9 Å². The molecule has 27 heteroatoms. The quantitative estimate of drug-likeness (QED) is 0.0361. The Balaban J connectivity index is 0.000000143. The molecule has 1 unspecified atom stereocenters. The smallest absolute Gasteiger partial charge is 0.258 e. The van der Waals surface area contributed by atoms with Crippen molar-refractivity contribution in [2.24, 2.45) is 0 Å². The Labute approximate surface area is 675 Å². The van der Waals surface area contributed by atoms with Gasteiger partial charge < -0.3 is 71.1 Å². The highest BCUT2D eigenvalue weighted by Gasteiger charge is 2.35. The highest BCUT2D eigenvalue weighted by Crippen LogP contribution is 2.44. The van der Waals surface area contributed by atoms with Crippen molar-refractivity contribution in [3.8, 4) is 137 Å². The summed E-state index contributed by atoms with van der Waals surface area (Å²) in [5.41, 5.74) is 12.6. The van der Waals surface area contributed by atoms with Gasteiger partial charge in [0.25, 0.3) is 23.6 Å². The third-order valence-electron chi connectivity index (χ3n) is 19.7. The molecule has 15 rings (SSSR count). The van der Waals surface area contributed by atoms with Crippen molar-refractivity contribution in [3.63, 3.8) is 0 Å². The number of rotatable bonds is 33. The van der Waals surface area contributed by atoms with E-state index < -0.39 is 0 Å². The molecule has 12 aromatic rings. The number of carbonyl (C=O) groups excluding carboxylic acids is 1. The van der Waals surface area contributed by atoms with E-state index in [0.717, 1.165) is 121 Å². The van der Waals surface area contributed by atoms with Gasteiger partial charge in [-0.1, -0.05) is 70.9 Å². The summed E-state index contributed by atoms with van der Waals surface area (Å²) in [4.78, 5) is 43.7. The molecule has 7 heterocycles. The molecule has 0 spiro atoms. The summed E-state index contributed by atoms with van der Waals surface area (Å²) < 4.78 is 67.2. The van der Waals surface area contributed by atoms with Crippen LogP contribution in [0.3, 0.4) is 0 Å².